The molecule has 0 atom stereocenters. The molecule has 25 heavy (non-hydrogen) atoms. The number of anilines is 1. The van der Waals surface area contributed by atoms with E-state index in [1.54, 1.807) is 20.0 Å². The summed E-state index contributed by atoms with van der Waals surface area (Å²) in [5.74, 6) is -0.453. The van der Waals surface area contributed by atoms with E-state index in [-0.39, 0.29) is 30.1 Å². The monoisotopic (exact) mass is 345 g/mol. The van der Waals surface area contributed by atoms with E-state index >= 15 is 0 Å². The second-order valence-electron chi connectivity index (χ2n) is 5.83. The first kappa shape index (κ1) is 16.9. The van der Waals surface area contributed by atoms with Crippen LogP contribution in [0, 0.1) is 0 Å². The van der Waals surface area contributed by atoms with Crippen molar-refractivity contribution in [2.75, 3.05) is 11.9 Å². The van der Waals surface area contributed by atoms with E-state index in [9.17, 15) is 14.4 Å². The minimum absolute atomic E-state index is 0.157. The van der Waals surface area contributed by atoms with Crippen LogP contribution in [0.2, 0.25) is 0 Å². The van der Waals surface area contributed by atoms with Crippen molar-refractivity contribution in [1.29, 1.82) is 0 Å². The summed E-state index contributed by atoms with van der Waals surface area (Å²) in [5, 5.41) is 10.8. The van der Waals surface area contributed by atoms with Crippen LogP contribution in [0.5, 0.6) is 0 Å². The van der Waals surface area contributed by atoms with Crippen LogP contribution in [-0.2, 0) is 23.1 Å². The van der Waals surface area contributed by atoms with Crippen LogP contribution in [0.25, 0.3) is 0 Å². The topological polar surface area (TPSA) is 108 Å². The summed E-state index contributed by atoms with van der Waals surface area (Å²) in [5.41, 5.74) is 0.625. The number of rotatable bonds is 6. The molecular formula is C16H19N5O4. The second kappa shape index (κ2) is 6.88. The Kier molecular flexibility index (Phi) is 4.64. The van der Waals surface area contributed by atoms with Crippen LogP contribution in [0.3, 0.4) is 0 Å². The number of carbonyl (C=O) groups excluding carboxylic acids is 2. The normalized spacial score (nSPS) is 13.5. The molecule has 0 radical (unpaired) electrons. The molecule has 0 bridgehead atoms. The van der Waals surface area contributed by atoms with E-state index in [2.05, 4.69) is 15.5 Å². The maximum atomic E-state index is 12.3. The molecule has 0 unspecified atom stereocenters. The highest BCUT2D eigenvalue weighted by molar-refractivity contribution is 6.00. The van der Waals surface area contributed by atoms with E-state index in [1.165, 1.54) is 16.9 Å². The van der Waals surface area contributed by atoms with E-state index in [0.29, 0.717) is 5.92 Å². The van der Waals surface area contributed by atoms with E-state index < -0.39 is 11.9 Å². The van der Waals surface area contributed by atoms with Gasteiger partial charge in [-0.1, -0.05) is 0 Å². The zero-order chi connectivity index (χ0) is 18.0. The number of nitrogens with one attached hydrogen (secondary N) is 1. The molecule has 1 aliphatic carbocycles. The van der Waals surface area contributed by atoms with Crippen molar-refractivity contribution in [3.8, 4) is 0 Å². The summed E-state index contributed by atoms with van der Waals surface area (Å²) in [4.78, 5) is 36.1. The Labute approximate surface area is 143 Å². The molecule has 0 aromatic carbocycles. The minimum atomic E-state index is -0.572. The van der Waals surface area contributed by atoms with Gasteiger partial charge in [-0.2, -0.15) is 10.2 Å². The zero-order valence-corrected chi connectivity index (χ0v) is 14.1. The van der Waals surface area contributed by atoms with Gasteiger partial charge < -0.3 is 10.1 Å². The lowest BCUT2D eigenvalue weighted by atomic mass is 10.3. The first-order valence-corrected chi connectivity index (χ1v) is 8.06. The molecule has 1 N–H and O–H groups in total. The Bertz CT molecular complexity index is 866. The Morgan fingerprint density at radius 3 is 2.80 bits per heavy atom. The number of nitrogens with zero attached hydrogens (tertiary/aromatic N) is 4. The van der Waals surface area contributed by atoms with Gasteiger partial charge in [0.15, 0.2) is 0 Å². The van der Waals surface area contributed by atoms with Crippen molar-refractivity contribution in [1.82, 2.24) is 19.6 Å². The van der Waals surface area contributed by atoms with Crippen LogP contribution in [-0.4, -0.2) is 38.0 Å². The number of carbonyl (C=O) groups is 2. The van der Waals surface area contributed by atoms with Crippen LogP contribution in [0.15, 0.2) is 23.1 Å². The molecule has 132 valence electrons. The number of ether oxygens (including phenoxy) is 1. The number of amides is 1. The largest absolute Gasteiger partial charge is 0.462 e. The molecule has 0 saturated heterocycles. The maximum Gasteiger partial charge on any atom is 0.343 e. The van der Waals surface area contributed by atoms with Gasteiger partial charge >= 0.3 is 5.97 Å². The molecule has 2 aromatic heterocycles. The number of aryl methyl sites for hydroxylation is 1. The van der Waals surface area contributed by atoms with E-state index in [1.807, 2.05) is 0 Å². The predicted molar refractivity (Wildman–Crippen MR) is 88.3 cm³/mol. The Hall–Kier alpha value is -2.97. The van der Waals surface area contributed by atoms with E-state index in [4.69, 9.17) is 4.74 Å². The molecule has 1 aliphatic rings. The van der Waals surface area contributed by atoms with Gasteiger partial charge in [0.2, 0.25) is 5.91 Å². The lowest BCUT2D eigenvalue weighted by Gasteiger charge is -2.09. The van der Waals surface area contributed by atoms with Crippen molar-refractivity contribution in [2.24, 2.45) is 7.05 Å². The smallest absolute Gasteiger partial charge is 0.343 e. The number of hydrogen-bond acceptors (Lipinski definition) is 6. The first-order valence-electron chi connectivity index (χ1n) is 8.06. The van der Waals surface area contributed by atoms with Gasteiger partial charge in [0.1, 0.15) is 17.9 Å². The van der Waals surface area contributed by atoms with Gasteiger partial charge in [-0.25, -0.2) is 9.48 Å². The molecule has 3 rings (SSSR count). The Morgan fingerprint density at radius 1 is 1.36 bits per heavy atom. The van der Waals surface area contributed by atoms with Crippen LogP contribution < -0.4 is 10.9 Å². The average molecular weight is 345 g/mol. The number of esters is 1. The summed E-state index contributed by atoms with van der Waals surface area (Å²) in [6, 6.07) is 3.12. The summed E-state index contributed by atoms with van der Waals surface area (Å²) in [6.45, 7) is 1.67. The predicted octanol–water partition coefficient (Wildman–Crippen LogP) is 0.670. The van der Waals surface area contributed by atoms with Crippen molar-refractivity contribution in [2.45, 2.75) is 32.2 Å². The lowest BCUT2D eigenvalue weighted by molar-refractivity contribution is -0.117. The van der Waals surface area contributed by atoms with Crippen LogP contribution >= 0.6 is 0 Å². The Balaban J connectivity index is 1.75. The fraction of sp³-hybridized carbons (Fsp3) is 0.438. The quantitative estimate of drug-likeness (QED) is 0.771. The summed E-state index contributed by atoms with van der Waals surface area (Å²) >= 11 is 0. The van der Waals surface area contributed by atoms with Crippen LogP contribution in [0.4, 0.5) is 5.82 Å². The molecule has 1 saturated carbocycles. The average Bonchev–Trinajstić information content (AvgIpc) is 3.35. The molecule has 2 heterocycles. The van der Waals surface area contributed by atoms with Crippen molar-refractivity contribution < 1.29 is 14.3 Å². The highest BCUT2D eigenvalue weighted by Gasteiger charge is 2.26. The third kappa shape index (κ3) is 3.76. The van der Waals surface area contributed by atoms with Gasteiger partial charge in [-0.05, 0) is 25.8 Å². The maximum absolute atomic E-state index is 12.3. The van der Waals surface area contributed by atoms with Gasteiger partial charge in [0, 0.05) is 19.0 Å². The number of aromatic nitrogens is 4. The standard InChI is InChI=1S/C16H19N5O4/c1-3-25-16(24)11-8-17-20(2)15(11)18-13(22)9-21-14(23)7-6-12(19-21)10-4-5-10/h6-8,10H,3-5,9H2,1-2H3,(H,18,22). The molecule has 9 heteroatoms. The SMILES string of the molecule is CCOC(=O)c1cnn(C)c1NC(=O)Cn1nc(C2CC2)ccc1=O. The summed E-state index contributed by atoms with van der Waals surface area (Å²) in [6.07, 6.45) is 3.43. The Morgan fingerprint density at radius 2 is 2.12 bits per heavy atom. The molecule has 2 aromatic rings. The molecule has 1 fully saturated rings. The highest BCUT2D eigenvalue weighted by Crippen LogP contribution is 2.38. The minimum Gasteiger partial charge on any atom is -0.462 e. The van der Waals surface area contributed by atoms with Crippen LogP contribution in [0.1, 0.15) is 41.7 Å². The van der Waals surface area contributed by atoms with Gasteiger partial charge in [-0.3, -0.25) is 14.3 Å². The molecule has 0 aliphatic heterocycles. The van der Waals surface area contributed by atoms with Crippen molar-refractivity contribution in [3.05, 3.63) is 39.9 Å². The molecular weight excluding hydrogens is 326 g/mol. The summed E-state index contributed by atoms with van der Waals surface area (Å²) < 4.78 is 7.43. The second-order valence-corrected chi connectivity index (χ2v) is 5.83. The highest BCUT2D eigenvalue weighted by atomic mass is 16.5. The third-order valence-corrected chi connectivity index (χ3v) is 3.87. The van der Waals surface area contributed by atoms with Gasteiger partial charge in [-0.15, -0.1) is 0 Å². The molecule has 0 spiro atoms. The zero-order valence-electron chi connectivity index (χ0n) is 14.1. The summed E-state index contributed by atoms with van der Waals surface area (Å²) in [7, 11) is 1.59. The van der Waals surface area contributed by atoms with Gasteiger partial charge in [0.25, 0.3) is 5.56 Å². The molecule has 1 amide bonds. The third-order valence-electron chi connectivity index (χ3n) is 3.87. The van der Waals surface area contributed by atoms with E-state index in [0.717, 1.165) is 23.2 Å². The molecule has 9 nitrogen and oxygen atoms in total. The van der Waals surface area contributed by atoms with Crippen molar-refractivity contribution in [3.63, 3.8) is 0 Å². The number of hydrogen-bond donors (Lipinski definition) is 1. The van der Waals surface area contributed by atoms with Gasteiger partial charge in [0.05, 0.1) is 18.5 Å². The lowest BCUT2D eigenvalue weighted by Crippen LogP contribution is -2.30. The fourth-order valence-corrected chi connectivity index (χ4v) is 2.43. The fourth-order valence-electron chi connectivity index (χ4n) is 2.43. The first-order chi connectivity index (χ1) is 12.0. The van der Waals surface area contributed by atoms with Crippen molar-refractivity contribution >= 4 is 17.7 Å².